The Morgan fingerprint density at radius 3 is 2.03 bits per heavy atom. The van der Waals surface area contributed by atoms with E-state index in [-0.39, 0.29) is 21.9 Å². The van der Waals surface area contributed by atoms with Crippen LogP contribution in [0.15, 0.2) is 91.1 Å². The monoisotopic (exact) mass is 446 g/mol. The SMILES string of the molecule is [C-]#Cc1ccc(C(C)(C)C)cc1.[Ni+2].[c-]1ccccc1-c1cccc(-c2ccccn2)n1. The first kappa shape index (κ1) is 24.1. The van der Waals surface area contributed by atoms with Crippen LogP contribution >= 0.6 is 0 Å². The maximum Gasteiger partial charge on any atom is 2.00 e. The molecule has 0 saturated heterocycles. The van der Waals surface area contributed by atoms with E-state index in [0.717, 1.165) is 28.2 Å². The molecule has 4 aromatic rings. The first-order chi connectivity index (χ1) is 14.5. The molecule has 0 saturated carbocycles. The topological polar surface area (TPSA) is 25.8 Å². The molecule has 0 unspecified atom stereocenters. The molecule has 0 bridgehead atoms. The molecule has 0 amide bonds. The zero-order valence-electron chi connectivity index (χ0n) is 17.9. The minimum absolute atomic E-state index is 0. The van der Waals surface area contributed by atoms with E-state index in [4.69, 9.17) is 6.42 Å². The molecule has 3 heteroatoms. The molecule has 0 radical (unpaired) electrons. The molecular weight excluding hydrogens is 423 g/mol. The van der Waals surface area contributed by atoms with Gasteiger partial charge in [-0.15, -0.1) is 53.6 Å². The number of benzene rings is 2. The predicted molar refractivity (Wildman–Crippen MR) is 123 cm³/mol. The van der Waals surface area contributed by atoms with Crippen LogP contribution < -0.4 is 0 Å². The Labute approximate surface area is 195 Å². The van der Waals surface area contributed by atoms with E-state index < -0.39 is 0 Å². The molecule has 2 heterocycles. The Balaban J connectivity index is 0.000000231. The quantitative estimate of drug-likeness (QED) is 0.198. The van der Waals surface area contributed by atoms with Gasteiger partial charge >= 0.3 is 16.5 Å². The van der Waals surface area contributed by atoms with Gasteiger partial charge in [-0.25, -0.2) is 0 Å². The predicted octanol–water partition coefficient (Wildman–Crippen LogP) is 6.53. The standard InChI is InChI=1S/C16H11N2.C12H13.Ni/c1-2-7-13(8-3-1)14-10-6-11-16(18-14)15-9-4-5-12-17-15;1-5-10-6-8-11(9-7-10)12(2,3)4;/h1-7,9-12H;6-9H,2-4H3;/q2*-1;+2. The first-order valence-corrected chi connectivity index (χ1v) is 9.86. The second-order valence-corrected chi connectivity index (χ2v) is 7.85. The van der Waals surface area contributed by atoms with Crippen LogP contribution in [0.2, 0.25) is 0 Å². The van der Waals surface area contributed by atoms with Crippen molar-refractivity contribution in [1.29, 1.82) is 0 Å². The molecule has 2 nitrogen and oxygen atoms in total. The van der Waals surface area contributed by atoms with Crippen molar-refractivity contribution in [1.82, 2.24) is 9.97 Å². The fourth-order valence-corrected chi connectivity index (χ4v) is 2.85. The van der Waals surface area contributed by atoms with Gasteiger partial charge in [-0.1, -0.05) is 51.1 Å². The zero-order valence-corrected chi connectivity index (χ0v) is 18.9. The Bertz CT molecular complexity index is 1050. The second-order valence-electron chi connectivity index (χ2n) is 7.85. The van der Waals surface area contributed by atoms with Crippen LogP contribution in [0, 0.1) is 18.4 Å². The molecule has 0 N–H and O–H groups in total. The molecule has 0 aliphatic heterocycles. The number of hydrogen-bond acceptors (Lipinski definition) is 2. The third-order valence-electron chi connectivity index (χ3n) is 4.56. The summed E-state index contributed by atoms with van der Waals surface area (Å²) in [5.41, 5.74) is 6.00. The van der Waals surface area contributed by atoms with Gasteiger partial charge in [-0.3, -0.25) is 15.9 Å². The van der Waals surface area contributed by atoms with Crippen molar-refractivity contribution in [2.45, 2.75) is 26.2 Å². The van der Waals surface area contributed by atoms with Gasteiger partial charge in [0.1, 0.15) is 0 Å². The molecule has 2 aromatic carbocycles. The van der Waals surface area contributed by atoms with Gasteiger partial charge in [0, 0.05) is 6.20 Å². The van der Waals surface area contributed by atoms with Crippen LogP contribution in [0.5, 0.6) is 0 Å². The fourth-order valence-electron chi connectivity index (χ4n) is 2.85. The van der Waals surface area contributed by atoms with E-state index in [9.17, 15) is 0 Å². The van der Waals surface area contributed by atoms with Gasteiger partial charge in [-0.05, 0) is 34.9 Å². The van der Waals surface area contributed by atoms with E-state index in [1.165, 1.54) is 5.56 Å². The van der Waals surface area contributed by atoms with Crippen molar-refractivity contribution in [2.24, 2.45) is 0 Å². The Morgan fingerprint density at radius 2 is 1.45 bits per heavy atom. The summed E-state index contributed by atoms with van der Waals surface area (Å²) in [5.74, 6) is 2.36. The van der Waals surface area contributed by atoms with Crippen molar-refractivity contribution in [3.05, 3.63) is 115 Å². The van der Waals surface area contributed by atoms with Crippen molar-refractivity contribution in [3.63, 3.8) is 0 Å². The van der Waals surface area contributed by atoms with E-state index >= 15 is 0 Å². The van der Waals surface area contributed by atoms with Gasteiger partial charge in [-0.2, -0.15) is 0 Å². The maximum atomic E-state index is 6.92. The van der Waals surface area contributed by atoms with Crippen molar-refractivity contribution in [2.75, 3.05) is 0 Å². The molecule has 0 aliphatic carbocycles. The van der Waals surface area contributed by atoms with Crippen LogP contribution in [-0.2, 0) is 21.9 Å². The number of aromatic nitrogens is 2. The summed E-state index contributed by atoms with van der Waals surface area (Å²) >= 11 is 0. The van der Waals surface area contributed by atoms with E-state index in [1.807, 2.05) is 72.8 Å². The molecule has 2 aromatic heterocycles. The third-order valence-corrected chi connectivity index (χ3v) is 4.56. The van der Waals surface area contributed by atoms with Crippen LogP contribution in [0.25, 0.3) is 22.6 Å². The molecule has 0 spiro atoms. The van der Waals surface area contributed by atoms with Crippen molar-refractivity contribution >= 4 is 0 Å². The molecular formula is C28H24N2Ni. The summed E-state index contributed by atoms with van der Waals surface area (Å²) in [5, 5.41) is 0. The first-order valence-electron chi connectivity index (χ1n) is 9.86. The molecule has 156 valence electrons. The molecule has 4 rings (SSSR count). The van der Waals surface area contributed by atoms with Gasteiger partial charge in [0.15, 0.2) is 0 Å². The van der Waals surface area contributed by atoms with Crippen molar-refractivity contribution < 1.29 is 16.5 Å². The van der Waals surface area contributed by atoms with Gasteiger partial charge in [0.2, 0.25) is 0 Å². The summed E-state index contributed by atoms with van der Waals surface area (Å²) in [7, 11) is 0. The summed E-state index contributed by atoms with van der Waals surface area (Å²) in [6, 6.07) is 30.7. The number of hydrogen-bond donors (Lipinski definition) is 0. The normalized spacial score (nSPS) is 10.1. The summed E-state index contributed by atoms with van der Waals surface area (Å²) in [6.07, 6.45) is 8.70. The van der Waals surface area contributed by atoms with E-state index in [1.54, 1.807) is 6.20 Å². The van der Waals surface area contributed by atoms with E-state index in [0.29, 0.717) is 0 Å². The molecule has 0 fully saturated rings. The number of pyridine rings is 2. The second kappa shape index (κ2) is 11.3. The largest absolute Gasteiger partial charge is 2.00 e. The summed E-state index contributed by atoms with van der Waals surface area (Å²) < 4.78 is 0. The smallest absolute Gasteiger partial charge is 0.366 e. The fraction of sp³-hybridized carbons (Fsp3) is 0.143. The van der Waals surface area contributed by atoms with Crippen molar-refractivity contribution in [3.8, 4) is 28.6 Å². The summed E-state index contributed by atoms with van der Waals surface area (Å²) in [6.45, 7) is 6.53. The summed E-state index contributed by atoms with van der Waals surface area (Å²) in [4.78, 5) is 8.93. The number of rotatable bonds is 2. The maximum absolute atomic E-state index is 6.92. The van der Waals surface area contributed by atoms with Gasteiger partial charge in [0.25, 0.3) is 0 Å². The Kier molecular flexibility index (Phi) is 8.74. The average Bonchev–Trinajstić information content (AvgIpc) is 2.80. The van der Waals surface area contributed by atoms with Gasteiger partial charge < -0.3 is 6.42 Å². The number of nitrogens with zero attached hydrogens (tertiary/aromatic N) is 2. The molecule has 0 atom stereocenters. The van der Waals surface area contributed by atoms with E-state index in [2.05, 4.69) is 54.9 Å². The van der Waals surface area contributed by atoms with Crippen LogP contribution in [0.1, 0.15) is 31.9 Å². The van der Waals surface area contributed by atoms with Gasteiger partial charge in [0.05, 0.1) is 11.4 Å². The Hall–Kier alpha value is -3.21. The molecule has 0 aliphatic rings. The van der Waals surface area contributed by atoms with Crippen LogP contribution in [0.4, 0.5) is 0 Å². The minimum atomic E-state index is 0. The average molecular weight is 447 g/mol. The minimum Gasteiger partial charge on any atom is -0.366 e. The van der Waals surface area contributed by atoms with Crippen LogP contribution in [-0.4, -0.2) is 9.97 Å². The Morgan fingerprint density at radius 1 is 0.774 bits per heavy atom. The van der Waals surface area contributed by atoms with Crippen LogP contribution in [0.3, 0.4) is 0 Å². The third kappa shape index (κ3) is 6.92. The zero-order chi connectivity index (χ0) is 21.4. The molecule has 31 heavy (non-hydrogen) atoms.